The SMILES string of the molecule is Cl.Cl.Cl.NCCCNCCCCNC(=O)[C@H](CO)NC(=O)CCCc1ccc(N=C(N)N)cc1. The molecule has 1 aromatic rings. The zero-order chi connectivity index (χ0) is 22.9. The first-order valence-electron chi connectivity index (χ1n) is 10.7. The summed E-state index contributed by atoms with van der Waals surface area (Å²) >= 11 is 0. The second-order valence-electron chi connectivity index (χ2n) is 7.25. The molecule has 13 heteroatoms. The first kappa shape index (κ1) is 36.7. The van der Waals surface area contributed by atoms with Crippen molar-refractivity contribution in [3.8, 4) is 0 Å². The van der Waals surface area contributed by atoms with Crippen molar-refractivity contribution in [2.24, 2.45) is 22.2 Å². The highest BCUT2D eigenvalue weighted by Crippen LogP contribution is 2.14. The topological polar surface area (TPSA) is 181 Å². The van der Waals surface area contributed by atoms with Crippen molar-refractivity contribution in [3.05, 3.63) is 29.8 Å². The third-order valence-corrected chi connectivity index (χ3v) is 4.54. The van der Waals surface area contributed by atoms with E-state index in [9.17, 15) is 14.7 Å². The van der Waals surface area contributed by atoms with E-state index in [1.807, 2.05) is 12.1 Å². The monoisotopic (exact) mass is 543 g/mol. The summed E-state index contributed by atoms with van der Waals surface area (Å²) in [5.41, 5.74) is 17.8. The first-order valence-corrected chi connectivity index (χ1v) is 10.7. The quantitative estimate of drug-likeness (QED) is 0.0898. The maximum atomic E-state index is 12.1. The third-order valence-electron chi connectivity index (χ3n) is 4.54. The van der Waals surface area contributed by atoms with Gasteiger partial charge in [0.15, 0.2) is 5.96 Å². The van der Waals surface area contributed by atoms with Crippen molar-refractivity contribution in [3.63, 3.8) is 0 Å². The molecule has 0 bridgehead atoms. The Bertz CT molecular complexity index is 691. The molecule has 0 fully saturated rings. The number of amides is 2. The number of benzene rings is 1. The average Bonchev–Trinajstić information content (AvgIpc) is 2.74. The number of carbonyl (C=O) groups is 2. The van der Waals surface area contributed by atoms with E-state index in [1.54, 1.807) is 12.1 Å². The normalized spacial score (nSPS) is 10.5. The summed E-state index contributed by atoms with van der Waals surface area (Å²) in [6, 6.07) is 6.47. The summed E-state index contributed by atoms with van der Waals surface area (Å²) in [6.45, 7) is 2.49. The zero-order valence-electron chi connectivity index (χ0n) is 19.3. The van der Waals surface area contributed by atoms with Gasteiger partial charge >= 0.3 is 0 Å². The van der Waals surface area contributed by atoms with Crippen molar-refractivity contribution in [1.82, 2.24) is 16.0 Å². The van der Waals surface area contributed by atoms with E-state index in [4.69, 9.17) is 17.2 Å². The van der Waals surface area contributed by atoms with Gasteiger partial charge in [-0.3, -0.25) is 9.59 Å². The minimum Gasteiger partial charge on any atom is -0.394 e. The molecule has 0 aliphatic heterocycles. The summed E-state index contributed by atoms with van der Waals surface area (Å²) in [4.78, 5) is 28.2. The van der Waals surface area contributed by atoms with Gasteiger partial charge in [-0.25, -0.2) is 4.99 Å². The van der Waals surface area contributed by atoms with Crippen molar-refractivity contribution in [1.29, 1.82) is 0 Å². The molecule has 10 nitrogen and oxygen atoms in total. The number of nitrogens with zero attached hydrogens (tertiary/aromatic N) is 1. The lowest BCUT2D eigenvalue weighted by atomic mass is 10.1. The third kappa shape index (κ3) is 17.6. The number of aliphatic hydroxyl groups excluding tert-OH is 1. The molecule has 0 saturated carbocycles. The van der Waals surface area contributed by atoms with Crippen LogP contribution in [-0.4, -0.2) is 61.7 Å². The number of aryl methyl sites for hydroxylation is 1. The highest BCUT2D eigenvalue weighted by molar-refractivity contribution is 5.87. The van der Waals surface area contributed by atoms with Gasteiger partial charge in [0.2, 0.25) is 11.8 Å². The van der Waals surface area contributed by atoms with Crippen molar-refractivity contribution in [2.75, 3.05) is 32.8 Å². The molecule has 2 amide bonds. The van der Waals surface area contributed by atoms with Crippen LogP contribution in [0.1, 0.15) is 37.7 Å². The van der Waals surface area contributed by atoms with Crippen LogP contribution >= 0.6 is 37.2 Å². The summed E-state index contributed by atoms with van der Waals surface area (Å²) in [7, 11) is 0. The summed E-state index contributed by atoms with van der Waals surface area (Å²) in [5.74, 6) is -0.639. The molecular formula is C21H40Cl3N7O3. The van der Waals surface area contributed by atoms with Crippen molar-refractivity contribution in [2.45, 2.75) is 44.6 Å². The Morgan fingerprint density at radius 2 is 1.56 bits per heavy atom. The lowest BCUT2D eigenvalue weighted by molar-refractivity contribution is -0.130. The van der Waals surface area contributed by atoms with E-state index in [1.165, 1.54) is 0 Å². The number of unbranched alkanes of at least 4 members (excludes halogenated alkanes) is 1. The minimum absolute atomic E-state index is 0. The zero-order valence-corrected chi connectivity index (χ0v) is 21.8. The van der Waals surface area contributed by atoms with E-state index in [-0.39, 0.29) is 61.4 Å². The molecular weight excluding hydrogens is 505 g/mol. The van der Waals surface area contributed by atoms with E-state index >= 15 is 0 Å². The number of aliphatic imine (C=N–C) groups is 1. The van der Waals surface area contributed by atoms with E-state index in [0.717, 1.165) is 37.9 Å². The Hall–Kier alpha value is -1.82. The van der Waals surface area contributed by atoms with Gasteiger partial charge in [0, 0.05) is 13.0 Å². The number of guanidine groups is 1. The second-order valence-corrected chi connectivity index (χ2v) is 7.25. The number of carbonyl (C=O) groups excluding carboxylic acids is 2. The molecule has 10 N–H and O–H groups in total. The molecule has 0 aliphatic carbocycles. The molecule has 1 aromatic carbocycles. The fourth-order valence-electron chi connectivity index (χ4n) is 2.86. The highest BCUT2D eigenvalue weighted by Gasteiger charge is 2.19. The number of hydrogen-bond donors (Lipinski definition) is 7. The van der Waals surface area contributed by atoms with Gasteiger partial charge in [0.05, 0.1) is 12.3 Å². The van der Waals surface area contributed by atoms with Crippen LogP contribution in [0.25, 0.3) is 0 Å². The number of nitrogens with one attached hydrogen (secondary N) is 3. The highest BCUT2D eigenvalue weighted by atomic mass is 35.5. The predicted molar refractivity (Wildman–Crippen MR) is 144 cm³/mol. The average molecular weight is 545 g/mol. The van der Waals surface area contributed by atoms with Crippen LogP contribution in [0.15, 0.2) is 29.3 Å². The summed E-state index contributed by atoms with van der Waals surface area (Å²) in [6.07, 6.45) is 4.26. The second kappa shape index (κ2) is 22.9. The van der Waals surface area contributed by atoms with Gasteiger partial charge in [-0.1, -0.05) is 12.1 Å². The van der Waals surface area contributed by atoms with E-state index < -0.39 is 12.6 Å². The number of rotatable bonds is 16. The maximum Gasteiger partial charge on any atom is 0.244 e. The summed E-state index contributed by atoms with van der Waals surface area (Å²) < 4.78 is 0. The van der Waals surface area contributed by atoms with Crippen molar-refractivity contribution < 1.29 is 14.7 Å². The largest absolute Gasteiger partial charge is 0.394 e. The standard InChI is InChI=1S/C21H37N7O3.3ClH/c22-11-4-13-25-12-1-2-14-26-20(31)18(15-29)28-19(30)6-3-5-16-7-9-17(10-8-16)27-21(23)24;;;/h7-10,18,25,29H,1-6,11-15,22H2,(H,26,31)(H,28,30)(H4,23,24,27);3*1H/t18-;;;/m0.../s1. The number of hydrogen-bond acceptors (Lipinski definition) is 6. The van der Waals surface area contributed by atoms with Gasteiger partial charge in [0.1, 0.15) is 6.04 Å². The predicted octanol–water partition coefficient (Wildman–Crippen LogP) is 0.492. The Kier molecular flexibility index (Phi) is 24.8. The molecule has 1 rings (SSSR count). The molecule has 0 aromatic heterocycles. The van der Waals surface area contributed by atoms with Gasteiger partial charge in [0.25, 0.3) is 0 Å². The fraction of sp³-hybridized carbons (Fsp3) is 0.571. The van der Waals surface area contributed by atoms with Gasteiger partial charge in [-0.05, 0) is 69.4 Å². The number of nitrogens with two attached hydrogens (primary N) is 3. The minimum atomic E-state index is -0.936. The maximum absolute atomic E-state index is 12.1. The fourth-order valence-corrected chi connectivity index (χ4v) is 2.86. The van der Waals surface area contributed by atoms with Crippen LogP contribution in [0.5, 0.6) is 0 Å². The molecule has 0 aliphatic rings. The van der Waals surface area contributed by atoms with Crippen LogP contribution in [0.2, 0.25) is 0 Å². The Labute approximate surface area is 220 Å². The molecule has 0 radical (unpaired) electrons. The Morgan fingerprint density at radius 1 is 0.941 bits per heavy atom. The Morgan fingerprint density at radius 3 is 2.15 bits per heavy atom. The van der Waals surface area contributed by atoms with Gasteiger partial charge in [-0.15, -0.1) is 37.2 Å². The van der Waals surface area contributed by atoms with Crippen LogP contribution in [0, 0.1) is 0 Å². The van der Waals surface area contributed by atoms with Crippen molar-refractivity contribution >= 4 is 60.7 Å². The lowest BCUT2D eigenvalue weighted by Crippen LogP contribution is -2.49. The Balaban J connectivity index is -0.00000320. The van der Waals surface area contributed by atoms with Crippen LogP contribution < -0.4 is 33.2 Å². The molecule has 0 saturated heterocycles. The van der Waals surface area contributed by atoms with E-state index in [0.29, 0.717) is 31.6 Å². The number of halogens is 3. The van der Waals surface area contributed by atoms with Crippen LogP contribution in [-0.2, 0) is 16.0 Å². The molecule has 0 heterocycles. The van der Waals surface area contributed by atoms with Crippen LogP contribution in [0.4, 0.5) is 5.69 Å². The molecule has 0 spiro atoms. The first-order chi connectivity index (χ1) is 15.0. The van der Waals surface area contributed by atoms with Gasteiger partial charge in [-0.2, -0.15) is 0 Å². The van der Waals surface area contributed by atoms with Crippen LogP contribution in [0.3, 0.4) is 0 Å². The number of aliphatic hydroxyl groups is 1. The molecule has 0 unspecified atom stereocenters. The molecule has 34 heavy (non-hydrogen) atoms. The molecule has 198 valence electrons. The summed E-state index contributed by atoms with van der Waals surface area (Å²) in [5, 5.41) is 18.0. The lowest BCUT2D eigenvalue weighted by Gasteiger charge is -2.16. The molecule has 1 atom stereocenters. The van der Waals surface area contributed by atoms with Gasteiger partial charge < -0.3 is 38.3 Å². The smallest absolute Gasteiger partial charge is 0.244 e. The van der Waals surface area contributed by atoms with E-state index in [2.05, 4.69) is 20.9 Å².